The van der Waals surface area contributed by atoms with Crippen molar-refractivity contribution in [3.8, 4) is 0 Å². The van der Waals surface area contributed by atoms with E-state index in [4.69, 9.17) is 11.6 Å². The first-order valence-electron chi connectivity index (χ1n) is 6.62. The van der Waals surface area contributed by atoms with Gasteiger partial charge in [-0.3, -0.25) is 0 Å². The Balaban J connectivity index is 2.40. The third-order valence-corrected chi connectivity index (χ3v) is 5.07. The van der Waals surface area contributed by atoms with Gasteiger partial charge < -0.3 is 4.90 Å². The third-order valence-electron chi connectivity index (χ3n) is 3.05. The summed E-state index contributed by atoms with van der Waals surface area (Å²) in [5.74, 6) is 0. The summed E-state index contributed by atoms with van der Waals surface area (Å²) >= 11 is 5.87. The maximum absolute atomic E-state index is 12.5. The molecule has 2 rings (SSSR count). The van der Waals surface area contributed by atoms with Crippen molar-refractivity contribution in [3.05, 3.63) is 35.6 Å². The Bertz CT molecular complexity index is 784. The second kappa shape index (κ2) is 6.45. The SMILES string of the molecule is CCN(CC)C(=O)n1ccc(S(=O)(=O)c2ncccc2Cl)n1. The summed E-state index contributed by atoms with van der Waals surface area (Å²) in [6, 6.07) is 3.82. The van der Waals surface area contributed by atoms with E-state index in [1.54, 1.807) is 0 Å². The van der Waals surface area contributed by atoms with Gasteiger partial charge in [-0.05, 0) is 32.0 Å². The molecule has 118 valence electrons. The standard InChI is InChI=1S/C13H15ClN4O3S/c1-3-17(4-2)13(19)18-9-7-11(16-18)22(20,21)12-10(14)6-5-8-15-12/h5-9H,3-4H2,1-2H3. The quantitative estimate of drug-likeness (QED) is 0.849. The lowest BCUT2D eigenvalue weighted by Gasteiger charge is -2.17. The molecule has 0 saturated carbocycles. The number of pyridine rings is 1. The number of sulfone groups is 1. The Morgan fingerprint density at radius 1 is 1.32 bits per heavy atom. The van der Waals surface area contributed by atoms with E-state index in [1.165, 1.54) is 35.5 Å². The van der Waals surface area contributed by atoms with Crippen molar-refractivity contribution >= 4 is 27.5 Å². The van der Waals surface area contributed by atoms with Crippen LogP contribution in [0.3, 0.4) is 0 Å². The molecule has 9 heteroatoms. The predicted octanol–water partition coefficient (Wildman–Crippen LogP) is 2.07. The Morgan fingerprint density at radius 3 is 2.59 bits per heavy atom. The van der Waals surface area contributed by atoms with Gasteiger partial charge in [-0.2, -0.15) is 9.78 Å². The van der Waals surface area contributed by atoms with Crippen molar-refractivity contribution in [2.75, 3.05) is 13.1 Å². The van der Waals surface area contributed by atoms with Crippen molar-refractivity contribution in [1.29, 1.82) is 0 Å². The lowest BCUT2D eigenvalue weighted by Crippen LogP contribution is -2.34. The molecule has 0 aliphatic rings. The maximum Gasteiger partial charge on any atom is 0.344 e. The number of nitrogens with zero attached hydrogens (tertiary/aromatic N) is 4. The summed E-state index contributed by atoms with van der Waals surface area (Å²) in [5.41, 5.74) is 0. The molecule has 0 aliphatic heterocycles. The molecular weight excluding hydrogens is 328 g/mol. The zero-order valence-corrected chi connectivity index (χ0v) is 13.7. The summed E-state index contributed by atoms with van der Waals surface area (Å²) in [4.78, 5) is 17.4. The van der Waals surface area contributed by atoms with E-state index in [-0.39, 0.29) is 15.1 Å². The molecular formula is C13H15ClN4O3S. The Labute approximate surface area is 133 Å². The van der Waals surface area contributed by atoms with Gasteiger partial charge in [0.05, 0.1) is 5.02 Å². The van der Waals surface area contributed by atoms with E-state index in [9.17, 15) is 13.2 Å². The van der Waals surface area contributed by atoms with Gasteiger partial charge in [-0.25, -0.2) is 18.2 Å². The average Bonchev–Trinajstić information content (AvgIpc) is 2.99. The van der Waals surface area contributed by atoms with E-state index in [2.05, 4.69) is 10.1 Å². The summed E-state index contributed by atoms with van der Waals surface area (Å²) in [5, 5.41) is 3.31. The average molecular weight is 343 g/mol. The minimum atomic E-state index is -3.97. The van der Waals surface area contributed by atoms with Crippen LogP contribution in [0.2, 0.25) is 5.02 Å². The zero-order chi connectivity index (χ0) is 16.3. The number of carbonyl (C=O) groups excluding carboxylic acids is 1. The maximum atomic E-state index is 12.5. The first-order valence-corrected chi connectivity index (χ1v) is 8.48. The second-order valence-corrected chi connectivity index (χ2v) is 6.57. The van der Waals surface area contributed by atoms with E-state index >= 15 is 0 Å². The van der Waals surface area contributed by atoms with E-state index < -0.39 is 15.9 Å². The summed E-state index contributed by atoms with van der Waals surface area (Å²) < 4.78 is 25.9. The summed E-state index contributed by atoms with van der Waals surface area (Å²) in [6.45, 7) is 4.67. The molecule has 2 heterocycles. The minimum absolute atomic E-state index is 0.00659. The molecule has 0 spiro atoms. The van der Waals surface area contributed by atoms with Crippen LogP contribution in [0.25, 0.3) is 0 Å². The van der Waals surface area contributed by atoms with Crippen LogP contribution in [0.15, 0.2) is 40.6 Å². The minimum Gasteiger partial charge on any atom is -0.323 e. The normalized spacial score (nSPS) is 11.4. The monoisotopic (exact) mass is 342 g/mol. The number of amides is 1. The predicted molar refractivity (Wildman–Crippen MR) is 80.6 cm³/mol. The molecule has 0 radical (unpaired) electrons. The molecule has 0 aliphatic carbocycles. The number of aromatic nitrogens is 3. The summed E-state index contributed by atoms with van der Waals surface area (Å²) in [6.07, 6.45) is 2.64. The largest absolute Gasteiger partial charge is 0.344 e. The molecule has 0 unspecified atom stereocenters. The highest BCUT2D eigenvalue weighted by Crippen LogP contribution is 2.24. The Hall–Kier alpha value is -1.93. The van der Waals surface area contributed by atoms with Gasteiger partial charge in [-0.1, -0.05) is 11.6 Å². The molecule has 0 fully saturated rings. The van der Waals surface area contributed by atoms with E-state index in [0.29, 0.717) is 13.1 Å². The van der Waals surface area contributed by atoms with Crippen LogP contribution in [-0.4, -0.2) is 47.2 Å². The highest BCUT2D eigenvalue weighted by atomic mass is 35.5. The van der Waals surface area contributed by atoms with Gasteiger partial charge in [0.1, 0.15) is 0 Å². The van der Waals surface area contributed by atoms with Crippen LogP contribution in [-0.2, 0) is 9.84 Å². The lowest BCUT2D eigenvalue weighted by atomic mass is 10.5. The van der Waals surface area contributed by atoms with Crippen LogP contribution >= 0.6 is 11.6 Å². The van der Waals surface area contributed by atoms with Crippen molar-refractivity contribution in [2.24, 2.45) is 0 Å². The number of hydrogen-bond acceptors (Lipinski definition) is 5. The van der Waals surface area contributed by atoms with Crippen molar-refractivity contribution < 1.29 is 13.2 Å². The topological polar surface area (TPSA) is 85.2 Å². The van der Waals surface area contributed by atoms with Gasteiger partial charge in [0.15, 0.2) is 10.1 Å². The zero-order valence-electron chi connectivity index (χ0n) is 12.1. The fraction of sp³-hybridized carbons (Fsp3) is 0.308. The number of halogens is 1. The van der Waals surface area contributed by atoms with Crippen LogP contribution in [0, 0.1) is 0 Å². The van der Waals surface area contributed by atoms with Crippen molar-refractivity contribution in [3.63, 3.8) is 0 Å². The van der Waals surface area contributed by atoms with E-state index in [0.717, 1.165) is 4.68 Å². The highest BCUT2D eigenvalue weighted by Gasteiger charge is 2.26. The number of rotatable bonds is 4. The van der Waals surface area contributed by atoms with E-state index in [1.807, 2.05) is 13.8 Å². The molecule has 0 N–H and O–H groups in total. The molecule has 2 aromatic heterocycles. The molecule has 0 bridgehead atoms. The number of carbonyl (C=O) groups is 1. The smallest absolute Gasteiger partial charge is 0.323 e. The Morgan fingerprint density at radius 2 is 2.00 bits per heavy atom. The first kappa shape index (κ1) is 16.4. The molecule has 0 aromatic carbocycles. The molecule has 0 saturated heterocycles. The van der Waals surface area contributed by atoms with Crippen LogP contribution < -0.4 is 0 Å². The second-order valence-electron chi connectivity index (χ2n) is 4.35. The molecule has 0 atom stereocenters. The first-order chi connectivity index (χ1) is 10.4. The van der Waals surface area contributed by atoms with Crippen LogP contribution in [0.1, 0.15) is 13.8 Å². The van der Waals surface area contributed by atoms with Crippen molar-refractivity contribution in [2.45, 2.75) is 23.9 Å². The molecule has 1 amide bonds. The van der Waals surface area contributed by atoms with Crippen LogP contribution in [0.5, 0.6) is 0 Å². The van der Waals surface area contributed by atoms with Gasteiger partial charge in [0, 0.05) is 25.5 Å². The van der Waals surface area contributed by atoms with Crippen molar-refractivity contribution in [1.82, 2.24) is 19.7 Å². The van der Waals surface area contributed by atoms with Gasteiger partial charge in [0.25, 0.3) is 0 Å². The third kappa shape index (κ3) is 2.97. The molecule has 2 aromatic rings. The van der Waals surface area contributed by atoms with Gasteiger partial charge in [-0.15, -0.1) is 0 Å². The molecule has 22 heavy (non-hydrogen) atoms. The molecule has 7 nitrogen and oxygen atoms in total. The number of hydrogen-bond donors (Lipinski definition) is 0. The highest BCUT2D eigenvalue weighted by molar-refractivity contribution is 7.91. The fourth-order valence-corrected chi connectivity index (χ4v) is 3.45. The van der Waals surface area contributed by atoms with Crippen LogP contribution in [0.4, 0.5) is 4.79 Å². The fourth-order valence-electron chi connectivity index (χ4n) is 1.86. The summed E-state index contributed by atoms with van der Waals surface area (Å²) in [7, 11) is -3.97. The Kier molecular flexibility index (Phi) is 4.82. The lowest BCUT2D eigenvalue weighted by molar-refractivity contribution is 0.201. The van der Waals surface area contributed by atoms with Gasteiger partial charge in [0.2, 0.25) is 9.84 Å². The van der Waals surface area contributed by atoms with Gasteiger partial charge >= 0.3 is 6.03 Å².